The first-order chi connectivity index (χ1) is 14.1. The van der Waals surface area contributed by atoms with Gasteiger partial charge in [-0.2, -0.15) is 0 Å². The van der Waals surface area contributed by atoms with Crippen molar-refractivity contribution in [3.05, 3.63) is 59.5 Å². The van der Waals surface area contributed by atoms with Crippen molar-refractivity contribution in [2.24, 2.45) is 4.99 Å². The molecule has 3 rings (SSSR count). The van der Waals surface area contributed by atoms with Crippen LogP contribution < -0.4 is 5.32 Å². The Morgan fingerprint density at radius 1 is 1.10 bits per heavy atom. The number of aliphatic imine (C=N–C) groups is 1. The number of guanidine groups is 1. The number of nitrogens with zero attached hydrogens (tertiary/aromatic N) is 3. The molecule has 2 aromatic rings. The van der Waals surface area contributed by atoms with Crippen LogP contribution in [-0.2, 0) is 17.9 Å². The quantitative estimate of drug-likeness (QED) is 0.599. The third kappa shape index (κ3) is 5.84. The van der Waals surface area contributed by atoms with E-state index in [1.807, 2.05) is 18.7 Å². The highest BCUT2D eigenvalue weighted by atomic mass is 16.5. The van der Waals surface area contributed by atoms with E-state index in [2.05, 4.69) is 39.5 Å². The van der Waals surface area contributed by atoms with Crippen LogP contribution in [0.2, 0.25) is 0 Å². The van der Waals surface area contributed by atoms with Gasteiger partial charge in [0.1, 0.15) is 0 Å². The second-order valence-corrected chi connectivity index (χ2v) is 7.33. The maximum atomic E-state index is 12.4. The fraction of sp³-hybridized carbons (Fsp3) is 0.455. The van der Waals surface area contributed by atoms with Crippen LogP contribution in [0.5, 0.6) is 0 Å². The fourth-order valence-corrected chi connectivity index (χ4v) is 3.21. The van der Waals surface area contributed by atoms with Gasteiger partial charge in [0.05, 0.1) is 19.0 Å². The minimum Gasteiger partial charge on any atom is -0.459 e. The summed E-state index contributed by atoms with van der Waals surface area (Å²) in [5.74, 6) is 1.18. The Bertz CT molecular complexity index is 792. The van der Waals surface area contributed by atoms with E-state index in [-0.39, 0.29) is 12.0 Å². The maximum Gasteiger partial charge on any atom is 0.289 e. The number of rotatable bonds is 6. The summed E-state index contributed by atoms with van der Waals surface area (Å²) in [6.07, 6.45) is 1.76. The Kier molecular flexibility index (Phi) is 7.30. The van der Waals surface area contributed by atoms with Gasteiger partial charge in [-0.3, -0.25) is 9.79 Å². The number of carbonyl (C=O) groups is 1. The van der Waals surface area contributed by atoms with Crippen LogP contribution in [0.4, 0.5) is 0 Å². The number of carbonyl (C=O) groups excluding carboxylic acids is 1. The molecule has 0 saturated carbocycles. The number of nitrogens with one attached hydrogen (secondary N) is 1. The lowest BCUT2D eigenvalue weighted by Gasteiger charge is -2.36. The number of amides is 1. The lowest BCUT2D eigenvalue weighted by molar-refractivity contribution is 0.0654. The number of hydrogen-bond acceptors (Lipinski definition) is 4. The number of piperazine rings is 1. The normalized spacial score (nSPS) is 15.1. The molecule has 29 heavy (non-hydrogen) atoms. The summed E-state index contributed by atoms with van der Waals surface area (Å²) in [7, 11) is 1.79. The summed E-state index contributed by atoms with van der Waals surface area (Å²) in [5.41, 5.74) is 2.36. The molecular weight excluding hydrogens is 368 g/mol. The molecule has 156 valence electrons. The molecule has 2 heterocycles. The van der Waals surface area contributed by atoms with E-state index in [1.54, 1.807) is 19.2 Å². The van der Waals surface area contributed by atoms with Crippen molar-refractivity contribution >= 4 is 11.9 Å². The molecule has 7 heteroatoms. The first-order valence-corrected chi connectivity index (χ1v) is 10.0. The lowest BCUT2D eigenvalue weighted by atomic mass is 10.1. The monoisotopic (exact) mass is 398 g/mol. The molecule has 1 aromatic heterocycles. The maximum absolute atomic E-state index is 12.4. The molecule has 1 aliphatic rings. The SMILES string of the molecule is CN=C(NCc1ccc(COC(C)C)cc1)N1CCN(C(=O)c2ccco2)CC1. The van der Waals surface area contributed by atoms with E-state index in [1.165, 1.54) is 17.4 Å². The summed E-state index contributed by atoms with van der Waals surface area (Å²) in [6.45, 7) is 8.16. The first kappa shape index (κ1) is 20.9. The third-order valence-corrected chi connectivity index (χ3v) is 4.87. The fourth-order valence-electron chi connectivity index (χ4n) is 3.21. The minimum atomic E-state index is -0.0564. The standard InChI is InChI=1S/C22H30N4O3/c1-17(2)29-16-19-8-6-18(7-9-19)15-24-22(23-3)26-12-10-25(11-13-26)21(27)20-5-4-14-28-20/h4-9,14,17H,10-13,15-16H2,1-3H3,(H,23,24). The molecule has 1 saturated heterocycles. The Morgan fingerprint density at radius 3 is 2.34 bits per heavy atom. The van der Waals surface area contributed by atoms with Gasteiger partial charge >= 0.3 is 0 Å². The predicted octanol–water partition coefficient (Wildman–Crippen LogP) is 2.74. The van der Waals surface area contributed by atoms with Gasteiger partial charge in [-0.15, -0.1) is 0 Å². The highest BCUT2D eigenvalue weighted by molar-refractivity contribution is 5.91. The lowest BCUT2D eigenvalue weighted by Crippen LogP contribution is -2.53. The van der Waals surface area contributed by atoms with E-state index < -0.39 is 0 Å². The predicted molar refractivity (Wildman–Crippen MR) is 113 cm³/mol. The van der Waals surface area contributed by atoms with Gasteiger partial charge in [0.25, 0.3) is 5.91 Å². The first-order valence-electron chi connectivity index (χ1n) is 10.0. The van der Waals surface area contributed by atoms with E-state index in [0.29, 0.717) is 32.0 Å². The topological polar surface area (TPSA) is 70.3 Å². The van der Waals surface area contributed by atoms with Crippen LogP contribution in [0.1, 0.15) is 35.5 Å². The molecular formula is C22H30N4O3. The zero-order valence-electron chi connectivity index (χ0n) is 17.4. The Labute approximate surface area is 172 Å². The van der Waals surface area contributed by atoms with Crippen LogP contribution in [0.15, 0.2) is 52.1 Å². The second kappa shape index (κ2) is 10.1. The van der Waals surface area contributed by atoms with E-state index in [0.717, 1.165) is 19.0 Å². The van der Waals surface area contributed by atoms with Crippen LogP contribution >= 0.6 is 0 Å². The number of benzene rings is 1. The van der Waals surface area contributed by atoms with Crippen molar-refractivity contribution in [2.45, 2.75) is 33.1 Å². The molecule has 0 unspecified atom stereocenters. The van der Waals surface area contributed by atoms with Gasteiger partial charge in [0.2, 0.25) is 0 Å². The van der Waals surface area contributed by atoms with Crippen LogP contribution in [-0.4, -0.2) is 61.0 Å². The zero-order valence-corrected chi connectivity index (χ0v) is 17.4. The molecule has 0 bridgehead atoms. The number of hydrogen-bond donors (Lipinski definition) is 1. The average Bonchev–Trinajstić information content (AvgIpc) is 3.28. The molecule has 1 N–H and O–H groups in total. The summed E-state index contributed by atoms with van der Waals surface area (Å²) in [4.78, 5) is 20.8. The van der Waals surface area contributed by atoms with Crippen molar-refractivity contribution in [3.63, 3.8) is 0 Å². The van der Waals surface area contributed by atoms with E-state index in [9.17, 15) is 4.79 Å². The van der Waals surface area contributed by atoms with Crippen LogP contribution in [0.25, 0.3) is 0 Å². The van der Waals surface area contributed by atoms with Crippen LogP contribution in [0, 0.1) is 0 Å². The number of ether oxygens (including phenoxy) is 1. The molecule has 0 atom stereocenters. The summed E-state index contributed by atoms with van der Waals surface area (Å²) < 4.78 is 10.9. The average molecular weight is 399 g/mol. The highest BCUT2D eigenvalue weighted by Crippen LogP contribution is 2.10. The molecule has 1 amide bonds. The van der Waals surface area contributed by atoms with Crippen molar-refractivity contribution in [3.8, 4) is 0 Å². The zero-order chi connectivity index (χ0) is 20.6. The van der Waals surface area contributed by atoms with Gasteiger partial charge in [-0.1, -0.05) is 24.3 Å². The van der Waals surface area contributed by atoms with Crippen molar-refractivity contribution < 1.29 is 13.9 Å². The molecule has 1 fully saturated rings. The van der Waals surface area contributed by atoms with Crippen molar-refractivity contribution in [2.75, 3.05) is 33.2 Å². The van der Waals surface area contributed by atoms with Gasteiger partial charge in [-0.05, 0) is 37.1 Å². The molecule has 1 aliphatic heterocycles. The van der Waals surface area contributed by atoms with Crippen molar-refractivity contribution in [1.29, 1.82) is 0 Å². The third-order valence-electron chi connectivity index (χ3n) is 4.87. The molecule has 0 radical (unpaired) electrons. The second-order valence-electron chi connectivity index (χ2n) is 7.33. The molecule has 1 aromatic carbocycles. The van der Waals surface area contributed by atoms with Gasteiger partial charge in [0, 0.05) is 39.8 Å². The number of furan rings is 1. The van der Waals surface area contributed by atoms with E-state index in [4.69, 9.17) is 9.15 Å². The Balaban J connectivity index is 1.47. The Morgan fingerprint density at radius 2 is 1.76 bits per heavy atom. The van der Waals surface area contributed by atoms with Crippen molar-refractivity contribution in [1.82, 2.24) is 15.1 Å². The summed E-state index contributed by atoms with van der Waals surface area (Å²) >= 11 is 0. The summed E-state index contributed by atoms with van der Waals surface area (Å²) in [5, 5.41) is 3.42. The molecule has 7 nitrogen and oxygen atoms in total. The van der Waals surface area contributed by atoms with Gasteiger partial charge < -0.3 is 24.3 Å². The summed E-state index contributed by atoms with van der Waals surface area (Å²) in [6, 6.07) is 11.9. The smallest absolute Gasteiger partial charge is 0.289 e. The Hall–Kier alpha value is -2.80. The molecule has 0 aliphatic carbocycles. The van der Waals surface area contributed by atoms with Gasteiger partial charge in [0.15, 0.2) is 11.7 Å². The largest absolute Gasteiger partial charge is 0.459 e. The highest BCUT2D eigenvalue weighted by Gasteiger charge is 2.25. The van der Waals surface area contributed by atoms with E-state index >= 15 is 0 Å². The minimum absolute atomic E-state index is 0.0564. The van der Waals surface area contributed by atoms with Gasteiger partial charge in [-0.25, -0.2) is 0 Å². The molecule has 0 spiro atoms. The van der Waals surface area contributed by atoms with Crippen LogP contribution in [0.3, 0.4) is 0 Å².